The van der Waals surface area contributed by atoms with Crippen LogP contribution in [0.2, 0.25) is 0 Å². The Labute approximate surface area is 74.7 Å². The fraction of sp³-hybridized carbons (Fsp3) is 1.00. The predicted molar refractivity (Wildman–Crippen MR) is 50.3 cm³/mol. The number of hydrogen-bond donors (Lipinski definition) is 1. The van der Waals surface area contributed by atoms with Crippen LogP contribution in [-0.2, 0) is 9.09 Å². The van der Waals surface area contributed by atoms with E-state index in [4.69, 9.17) is 4.52 Å². The van der Waals surface area contributed by atoms with Crippen molar-refractivity contribution in [1.82, 2.24) is 0 Å². The van der Waals surface area contributed by atoms with Gasteiger partial charge in [0, 0.05) is 0 Å². The molecule has 74 valence electrons. The lowest BCUT2D eigenvalue weighted by atomic mass is 10.2. The topological polar surface area (TPSA) is 46.5 Å². The molecule has 0 aliphatic heterocycles. The molecule has 1 N–H and O–H groups in total. The average Bonchev–Trinajstić information content (AvgIpc) is 1.81. The van der Waals surface area contributed by atoms with E-state index < -0.39 is 7.60 Å². The van der Waals surface area contributed by atoms with Crippen LogP contribution in [-0.4, -0.2) is 17.7 Å². The first-order chi connectivity index (χ1) is 5.33. The van der Waals surface area contributed by atoms with E-state index in [9.17, 15) is 9.46 Å². The first kappa shape index (κ1) is 12.2. The summed E-state index contributed by atoms with van der Waals surface area (Å²) in [5.74, 6) is 0.505. The Morgan fingerprint density at radius 3 is 2.08 bits per heavy atom. The van der Waals surface area contributed by atoms with Crippen LogP contribution < -0.4 is 0 Å². The normalized spacial score (nSPS) is 16.9. The van der Waals surface area contributed by atoms with Gasteiger partial charge in [-0.15, -0.1) is 0 Å². The molecular weight excluding hydrogens is 175 g/mol. The van der Waals surface area contributed by atoms with E-state index in [2.05, 4.69) is 0 Å². The molecule has 1 unspecified atom stereocenters. The molecule has 0 radical (unpaired) electrons. The van der Waals surface area contributed by atoms with Gasteiger partial charge in [0.15, 0.2) is 0 Å². The summed E-state index contributed by atoms with van der Waals surface area (Å²) in [5, 5.41) is 0. The SMILES string of the molecule is CC(C)COP(=O)(O)CC(C)C. The Kier molecular flexibility index (Phi) is 5.07. The van der Waals surface area contributed by atoms with E-state index in [0.29, 0.717) is 12.5 Å². The van der Waals surface area contributed by atoms with E-state index in [-0.39, 0.29) is 12.1 Å². The molecule has 12 heavy (non-hydrogen) atoms. The Bertz CT molecular complexity index is 166. The van der Waals surface area contributed by atoms with Crippen LogP contribution in [0, 0.1) is 11.8 Å². The zero-order valence-corrected chi connectivity index (χ0v) is 9.17. The van der Waals surface area contributed by atoms with Crippen molar-refractivity contribution in [2.24, 2.45) is 11.8 Å². The molecule has 0 saturated carbocycles. The minimum Gasteiger partial charge on any atom is -0.324 e. The number of rotatable bonds is 5. The molecule has 0 aromatic heterocycles. The molecule has 0 aromatic carbocycles. The standard InChI is InChI=1S/C8H19O3P/c1-7(2)5-11-12(9,10)6-8(3)4/h7-8H,5-6H2,1-4H3,(H,9,10). The summed E-state index contributed by atoms with van der Waals surface area (Å²) in [7, 11) is -3.30. The molecule has 0 amide bonds. The molecule has 0 saturated heterocycles. The molecule has 0 rings (SSSR count). The predicted octanol–water partition coefficient (Wildman–Crippen LogP) is 2.50. The van der Waals surface area contributed by atoms with Gasteiger partial charge in [-0.2, -0.15) is 0 Å². The van der Waals surface area contributed by atoms with Crippen molar-refractivity contribution in [1.29, 1.82) is 0 Å². The van der Waals surface area contributed by atoms with E-state index >= 15 is 0 Å². The monoisotopic (exact) mass is 194 g/mol. The highest BCUT2D eigenvalue weighted by Gasteiger charge is 2.20. The summed E-state index contributed by atoms with van der Waals surface area (Å²) in [6, 6.07) is 0. The third-order valence-electron chi connectivity index (χ3n) is 1.21. The zero-order valence-electron chi connectivity index (χ0n) is 8.28. The van der Waals surface area contributed by atoms with Crippen molar-refractivity contribution in [2.45, 2.75) is 27.7 Å². The van der Waals surface area contributed by atoms with Crippen LogP contribution in [0.4, 0.5) is 0 Å². The van der Waals surface area contributed by atoms with E-state index in [1.165, 1.54) is 0 Å². The maximum absolute atomic E-state index is 11.3. The van der Waals surface area contributed by atoms with Crippen molar-refractivity contribution in [3.8, 4) is 0 Å². The zero-order chi connectivity index (χ0) is 9.78. The maximum Gasteiger partial charge on any atom is 0.328 e. The first-order valence-electron chi connectivity index (χ1n) is 4.30. The summed E-state index contributed by atoms with van der Waals surface area (Å²) in [5.41, 5.74) is 0. The second kappa shape index (κ2) is 5.00. The molecule has 0 heterocycles. The van der Waals surface area contributed by atoms with E-state index in [1.807, 2.05) is 27.7 Å². The Morgan fingerprint density at radius 2 is 1.75 bits per heavy atom. The van der Waals surface area contributed by atoms with Crippen LogP contribution >= 0.6 is 7.60 Å². The first-order valence-corrected chi connectivity index (χ1v) is 6.06. The van der Waals surface area contributed by atoms with Gasteiger partial charge in [0.1, 0.15) is 0 Å². The lowest BCUT2D eigenvalue weighted by molar-refractivity contribution is 0.227. The van der Waals surface area contributed by atoms with Crippen LogP contribution in [0.1, 0.15) is 27.7 Å². The summed E-state index contributed by atoms with van der Waals surface area (Å²) in [6.07, 6.45) is 0.250. The fourth-order valence-corrected chi connectivity index (χ4v) is 2.34. The number of hydrogen-bond acceptors (Lipinski definition) is 2. The van der Waals surface area contributed by atoms with Crippen molar-refractivity contribution in [3.63, 3.8) is 0 Å². The van der Waals surface area contributed by atoms with Crippen molar-refractivity contribution in [3.05, 3.63) is 0 Å². The maximum atomic E-state index is 11.3. The van der Waals surface area contributed by atoms with Crippen molar-refractivity contribution >= 4 is 7.60 Å². The molecular formula is C8H19O3P. The second-order valence-electron chi connectivity index (χ2n) is 3.90. The molecule has 0 bridgehead atoms. The minimum absolute atomic E-state index is 0.202. The molecule has 0 fully saturated rings. The molecule has 3 nitrogen and oxygen atoms in total. The largest absolute Gasteiger partial charge is 0.328 e. The summed E-state index contributed by atoms with van der Waals surface area (Å²) in [6.45, 7) is 8.08. The van der Waals surface area contributed by atoms with Gasteiger partial charge in [-0.1, -0.05) is 27.7 Å². The Morgan fingerprint density at radius 1 is 1.25 bits per heavy atom. The third-order valence-corrected chi connectivity index (χ3v) is 2.95. The summed E-state index contributed by atoms with van der Waals surface area (Å²) < 4.78 is 16.2. The smallest absolute Gasteiger partial charge is 0.324 e. The fourth-order valence-electron chi connectivity index (χ4n) is 0.780. The van der Waals surface area contributed by atoms with Crippen LogP contribution in [0.3, 0.4) is 0 Å². The highest BCUT2D eigenvalue weighted by atomic mass is 31.2. The van der Waals surface area contributed by atoms with Gasteiger partial charge in [0.25, 0.3) is 0 Å². The average molecular weight is 194 g/mol. The molecule has 0 aliphatic carbocycles. The van der Waals surface area contributed by atoms with Gasteiger partial charge in [0.2, 0.25) is 0 Å². The van der Waals surface area contributed by atoms with Crippen LogP contribution in [0.5, 0.6) is 0 Å². The lowest BCUT2D eigenvalue weighted by Gasteiger charge is -2.15. The Hall–Kier alpha value is 0.150. The van der Waals surface area contributed by atoms with Gasteiger partial charge in [-0.25, -0.2) is 0 Å². The quantitative estimate of drug-likeness (QED) is 0.684. The van der Waals surface area contributed by atoms with Gasteiger partial charge in [-0.05, 0) is 11.8 Å². The van der Waals surface area contributed by atoms with Crippen molar-refractivity contribution in [2.75, 3.05) is 12.8 Å². The molecule has 1 atom stereocenters. The van der Waals surface area contributed by atoms with E-state index in [1.54, 1.807) is 0 Å². The molecule has 4 heteroatoms. The van der Waals surface area contributed by atoms with E-state index in [0.717, 1.165) is 0 Å². The third kappa shape index (κ3) is 6.84. The van der Waals surface area contributed by atoms with Crippen LogP contribution in [0.25, 0.3) is 0 Å². The molecule has 0 spiro atoms. The van der Waals surface area contributed by atoms with Gasteiger partial charge in [-0.3, -0.25) is 4.57 Å². The van der Waals surface area contributed by atoms with Crippen molar-refractivity contribution < 1.29 is 14.0 Å². The van der Waals surface area contributed by atoms with Gasteiger partial charge in [0.05, 0.1) is 12.8 Å². The Balaban J connectivity index is 3.80. The molecule has 0 aliphatic rings. The highest BCUT2D eigenvalue weighted by molar-refractivity contribution is 7.52. The highest BCUT2D eigenvalue weighted by Crippen LogP contribution is 2.43. The second-order valence-corrected chi connectivity index (χ2v) is 5.80. The lowest BCUT2D eigenvalue weighted by Crippen LogP contribution is -2.05. The van der Waals surface area contributed by atoms with Gasteiger partial charge < -0.3 is 9.42 Å². The van der Waals surface area contributed by atoms with Gasteiger partial charge >= 0.3 is 7.60 Å². The molecule has 0 aromatic rings. The van der Waals surface area contributed by atoms with Crippen LogP contribution in [0.15, 0.2) is 0 Å². The summed E-state index contributed by atoms with van der Waals surface area (Å²) in [4.78, 5) is 9.27. The minimum atomic E-state index is -3.30. The summed E-state index contributed by atoms with van der Waals surface area (Å²) >= 11 is 0.